The fourth-order valence-corrected chi connectivity index (χ4v) is 5.33. The van der Waals surface area contributed by atoms with Crippen molar-refractivity contribution < 1.29 is 24.2 Å². The number of carbonyl (C=O) groups is 2. The van der Waals surface area contributed by atoms with E-state index in [0.29, 0.717) is 36.8 Å². The number of hydrogen-bond donors (Lipinski definition) is 1. The van der Waals surface area contributed by atoms with Gasteiger partial charge in [0.2, 0.25) is 0 Å². The highest BCUT2D eigenvalue weighted by atomic mass is 16.6. The summed E-state index contributed by atoms with van der Waals surface area (Å²) in [6, 6.07) is 0. The second-order valence-corrected chi connectivity index (χ2v) is 9.99. The summed E-state index contributed by atoms with van der Waals surface area (Å²) in [7, 11) is 1.87. The molecule has 6 atom stereocenters. The SMILES string of the molecule is CC(=O)OC1CC2C(CC(OC(=O)C=Cc3cn(C)cn3)C/C=C\C1O)C(C)=CCC2C(C)C. The third-order valence-corrected chi connectivity index (χ3v) is 7.07. The first-order valence-corrected chi connectivity index (χ1v) is 12.2. The zero-order chi connectivity index (χ0) is 24.8. The molecule has 0 aliphatic heterocycles. The normalized spacial score (nSPS) is 31.0. The number of aliphatic hydroxyl groups excluding tert-OH is 1. The molecular weight excluding hydrogens is 432 g/mol. The van der Waals surface area contributed by atoms with Crippen LogP contribution in [0.25, 0.3) is 6.08 Å². The Morgan fingerprint density at radius 1 is 1.24 bits per heavy atom. The average Bonchev–Trinajstić information content (AvgIpc) is 3.18. The molecule has 0 radical (unpaired) electrons. The van der Waals surface area contributed by atoms with E-state index in [-0.39, 0.29) is 23.9 Å². The van der Waals surface area contributed by atoms with Crippen molar-refractivity contribution in [3.8, 4) is 0 Å². The Kier molecular flexibility index (Phi) is 8.89. The lowest BCUT2D eigenvalue weighted by atomic mass is 9.64. The number of rotatable bonds is 5. The Morgan fingerprint density at radius 2 is 2.00 bits per heavy atom. The number of carbonyl (C=O) groups excluding carboxylic acids is 2. The molecule has 34 heavy (non-hydrogen) atoms. The van der Waals surface area contributed by atoms with E-state index in [1.54, 1.807) is 18.5 Å². The van der Waals surface area contributed by atoms with E-state index < -0.39 is 18.2 Å². The van der Waals surface area contributed by atoms with Crippen LogP contribution in [0.5, 0.6) is 0 Å². The number of fused-ring (bicyclic) bond motifs is 1. The second-order valence-electron chi connectivity index (χ2n) is 9.99. The van der Waals surface area contributed by atoms with E-state index in [2.05, 4.69) is 31.8 Å². The van der Waals surface area contributed by atoms with Gasteiger partial charge in [-0.3, -0.25) is 4.79 Å². The summed E-state index contributed by atoms with van der Waals surface area (Å²) in [5.41, 5.74) is 1.96. The highest BCUT2D eigenvalue weighted by Gasteiger charge is 2.40. The van der Waals surface area contributed by atoms with Gasteiger partial charge < -0.3 is 19.1 Å². The van der Waals surface area contributed by atoms with E-state index >= 15 is 0 Å². The Morgan fingerprint density at radius 3 is 2.65 bits per heavy atom. The Labute approximate surface area is 202 Å². The number of hydrogen-bond acceptors (Lipinski definition) is 6. The van der Waals surface area contributed by atoms with E-state index in [9.17, 15) is 14.7 Å². The van der Waals surface area contributed by atoms with Crippen molar-refractivity contribution in [3.63, 3.8) is 0 Å². The maximum atomic E-state index is 12.6. The lowest BCUT2D eigenvalue weighted by molar-refractivity contribution is -0.153. The zero-order valence-corrected chi connectivity index (χ0v) is 20.9. The number of aromatic nitrogens is 2. The van der Waals surface area contributed by atoms with Crippen LogP contribution >= 0.6 is 0 Å². The molecule has 0 fully saturated rings. The van der Waals surface area contributed by atoms with Crippen molar-refractivity contribution in [1.29, 1.82) is 0 Å². The number of nitrogens with zero attached hydrogens (tertiary/aromatic N) is 2. The van der Waals surface area contributed by atoms with Gasteiger partial charge in [0.25, 0.3) is 0 Å². The molecular formula is C27H38N2O5. The summed E-state index contributed by atoms with van der Waals surface area (Å²) in [4.78, 5) is 28.6. The second kappa shape index (κ2) is 11.6. The molecule has 0 bridgehead atoms. The fourth-order valence-electron chi connectivity index (χ4n) is 5.33. The minimum Gasteiger partial charge on any atom is -0.459 e. The molecule has 1 aromatic rings. The summed E-state index contributed by atoms with van der Waals surface area (Å²) >= 11 is 0. The van der Waals surface area contributed by atoms with Gasteiger partial charge in [-0.25, -0.2) is 9.78 Å². The van der Waals surface area contributed by atoms with Crippen molar-refractivity contribution in [3.05, 3.63) is 48.1 Å². The molecule has 2 aliphatic rings. The minimum absolute atomic E-state index is 0.176. The number of aliphatic hydroxyl groups is 1. The first kappa shape index (κ1) is 25.9. The lowest BCUT2D eigenvalue weighted by Crippen LogP contribution is -2.40. The van der Waals surface area contributed by atoms with Gasteiger partial charge in [-0.2, -0.15) is 0 Å². The molecule has 6 unspecified atom stereocenters. The maximum absolute atomic E-state index is 12.6. The molecule has 3 rings (SSSR count). The van der Waals surface area contributed by atoms with Crippen LogP contribution in [0.1, 0.15) is 59.1 Å². The highest BCUT2D eigenvalue weighted by Crippen LogP contribution is 2.45. The van der Waals surface area contributed by atoms with Crippen LogP contribution in [0.15, 0.2) is 42.4 Å². The molecule has 0 spiro atoms. The molecule has 0 aromatic carbocycles. The molecule has 1 N–H and O–H groups in total. The summed E-state index contributed by atoms with van der Waals surface area (Å²) in [5, 5.41) is 10.8. The molecule has 0 amide bonds. The van der Waals surface area contributed by atoms with Crippen LogP contribution < -0.4 is 0 Å². The van der Waals surface area contributed by atoms with E-state index in [0.717, 1.165) is 6.42 Å². The summed E-state index contributed by atoms with van der Waals surface area (Å²) in [5.74, 6) is 0.419. The molecule has 1 aromatic heterocycles. The van der Waals surface area contributed by atoms with E-state index in [1.807, 2.05) is 23.9 Å². The van der Waals surface area contributed by atoms with Crippen LogP contribution in [0.2, 0.25) is 0 Å². The van der Waals surface area contributed by atoms with Crippen LogP contribution in [0, 0.1) is 23.7 Å². The zero-order valence-electron chi connectivity index (χ0n) is 20.9. The average molecular weight is 471 g/mol. The number of aryl methyl sites for hydroxylation is 1. The maximum Gasteiger partial charge on any atom is 0.331 e. The third kappa shape index (κ3) is 6.92. The summed E-state index contributed by atoms with van der Waals surface area (Å²) < 4.78 is 13.2. The Bertz CT molecular complexity index is 945. The number of allylic oxidation sites excluding steroid dienone is 2. The predicted molar refractivity (Wildman–Crippen MR) is 130 cm³/mol. The molecule has 0 saturated heterocycles. The smallest absolute Gasteiger partial charge is 0.331 e. The van der Waals surface area contributed by atoms with Crippen molar-refractivity contribution in [2.45, 2.75) is 71.7 Å². The van der Waals surface area contributed by atoms with Crippen LogP contribution in [0.3, 0.4) is 0 Å². The van der Waals surface area contributed by atoms with Crippen LogP contribution in [0.4, 0.5) is 0 Å². The summed E-state index contributed by atoms with van der Waals surface area (Å²) in [6.07, 6.45) is 13.2. The molecule has 1 heterocycles. The van der Waals surface area contributed by atoms with Crippen molar-refractivity contribution >= 4 is 18.0 Å². The third-order valence-electron chi connectivity index (χ3n) is 7.07. The van der Waals surface area contributed by atoms with E-state index in [4.69, 9.17) is 9.47 Å². The topological polar surface area (TPSA) is 90.7 Å². The first-order chi connectivity index (χ1) is 16.1. The molecule has 7 nitrogen and oxygen atoms in total. The van der Waals surface area contributed by atoms with Gasteiger partial charge in [-0.1, -0.05) is 37.6 Å². The predicted octanol–water partition coefficient (Wildman–Crippen LogP) is 4.23. The Hall–Kier alpha value is -2.67. The van der Waals surface area contributed by atoms with Gasteiger partial charge in [0.1, 0.15) is 18.3 Å². The van der Waals surface area contributed by atoms with Crippen LogP contribution in [-0.4, -0.2) is 44.9 Å². The van der Waals surface area contributed by atoms with Crippen molar-refractivity contribution in [2.24, 2.45) is 30.7 Å². The van der Waals surface area contributed by atoms with Gasteiger partial charge in [0.05, 0.1) is 12.0 Å². The molecule has 7 heteroatoms. The van der Waals surface area contributed by atoms with Gasteiger partial charge in [-0.15, -0.1) is 0 Å². The van der Waals surface area contributed by atoms with Crippen molar-refractivity contribution in [2.75, 3.05) is 0 Å². The minimum atomic E-state index is -0.901. The monoisotopic (exact) mass is 470 g/mol. The number of esters is 2. The summed E-state index contributed by atoms with van der Waals surface area (Å²) in [6.45, 7) is 7.94. The molecule has 2 aliphatic carbocycles. The van der Waals surface area contributed by atoms with Crippen LogP contribution in [-0.2, 0) is 26.1 Å². The van der Waals surface area contributed by atoms with E-state index in [1.165, 1.54) is 18.6 Å². The first-order valence-electron chi connectivity index (χ1n) is 12.2. The number of ether oxygens (including phenoxy) is 2. The number of imidazole rings is 1. The van der Waals surface area contributed by atoms with Gasteiger partial charge in [0.15, 0.2) is 0 Å². The highest BCUT2D eigenvalue weighted by molar-refractivity contribution is 5.86. The van der Waals surface area contributed by atoms with Gasteiger partial charge in [0, 0.05) is 32.7 Å². The Balaban J connectivity index is 1.84. The quantitative estimate of drug-likeness (QED) is 0.393. The largest absolute Gasteiger partial charge is 0.459 e. The van der Waals surface area contributed by atoms with Gasteiger partial charge >= 0.3 is 11.9 Å². The van der Waals surface area contributed by atoms with Gasteiger partial charge in [-0.05, 0) is 55.9 Å². The molecule has 0 saturated carbocycles. The fraction of sp³-hybridized carbons (Fsp3) is 0.593. The standard InChI is InChI=1S/C27H38N2O5/c1-17(2)22-11-9-18(3)23-13-21(34-27(32)12-10-20-15-29(5)16-28-20)7-6-8-25(31)26(14-24(22)23)33-19(4)30/h6,8-10,12,15-17,21-26,31H,7,11,13-14H2,1-5H3/b8-6-,12-10?. The lowest BCUT2D eigenvalue weighted by Gasteiger charge is -2.43. The molecule has 186 valence electrons. The van der Waals surface area contributed by atoms with Crippen molar-refractivity contribution in [1.82, 2.24) is 9.55 Å².